The highest BCUT2D eigenvalue weighted by molar-refractivity contribution is 5.47. The van der Waals surface area contributed by atoms with Gasteiger partial charge in [-0.15, -0.1) is 15.3 Å². The molecule has 9 heteroatoms. The zero-order valence-corrected chi connectivity index (χ0v) is 12.9. The minimum atomic E-state index is -0.588. The molecule has 1 N–H and O–H groups in total. The van der Waals surface area contributed by atoms with Gasteiger partial charge in [0.2, 0.25) is 0 Å². The number of aliphatic hydroxyl groups excluding tert-OH is 1. The minimum Gasteiger partial charge on any atom is -0.482 e. The van der Waals surface area contributed by atoms with Crippen molar-refractivity contribution in [3.05, 3.63) is 30.4 Å². The number of rotatable bonds is 3. The van der Waals surface area contributed by atoms with E-state index in [-0.39, 0.29) is 6.10 Å². The van der Waals surface area contributed by atoms with Crippen LogP contribution in [0.4, 0.5) is 5.82 Å². The Bertz CT molecular complexity index is 843. The second-order valence-corrected chi connectivity index (χ2v) is 5.69. The fraction of sp³-hybridized carbons (Fsp3) is 0.429. The first kappa shape index (κ1) is 13.9. The summed E-state index contributed by atoms with van der Waals surface area (Å²) in [4.78, 5) is 1.99. The van der Waals surface area contributed by atoms with Gasteiger partial charge in [-0.25, -0.2) is 0 Å². The molecule has 0 saturated carbocycles. The molecule has 23 heavy (non-hydrogen) atoms. The molecule has 1 fully saturated rings. The number of β-amino-alcohol motifs (C(OH)–C–C–N with tert-alkyl or cyclic N) is 1. The molecule has 2 atom stereocenters. The van der Waals surface area contributed by atoms with Crippen molar-refractivity contribution in [1.29, 1.82) is 0 Å². The third-order valence-electron chi connectivity index (χ3n) is 3.93. The summed E-state index contributed by atoms with van der Waals surface area (Å²) < 4.78 is 9.18. The first-order valence-electron chi connectivity index (χ1n) is 7.37. The van der Waals surface area contributed by atoms with Gasteiger partial charge in [0.25, 0.3) is 0 Å². The van der Waals surface area contributed by atoms with E-state index in [2.05, 4.69) is 20.4 Å². The summed E-state index contributed by atoms with van der Waals surface area (Å²) in [5.74, 6) is 2.14. The molecular weight excluding hydrogens is 298 g/mol. The quantitative estimate of drug-likeness (QED) is 0.715. The van der Waals surface area contributed by atoms with Crippen molar-refractivity contribution in [2.75, 3.05) is 18.0 Å². The Morgan fingerprint density at radius 3 is 2.91 bits per heavy atom. The molecule has 3 aromatic heterocycles. The van der Waals surface area contributed by atoms with E-state index in [1.807, 2.05) is 31.0 Å². The lowest BCUT2D eigenvalue weighted by molar-refractivity contribution is 0.0737. The lowest BCUT2D eigenvalue weighted by atomic mass is 10.3. The zero-order chi connectivity index (χ0) is 16.0. The fourth-order valence-electron chi connectivity index (χ4n) is 2.75. The van der Waals surface area contributed by atoms with Gasteiger partial charge < -0.3 is 14.7 Å². The van der Waals surface area contributed by atoms with E-state index < -0.39 is 6.10 Å². The highest BCUT2D eigenvalue weighted by atomic mass is 16.5. The van der Waals surface area contributed by atoms with Crippen molar-refractivity contribution in [3.63, 3.8) is 0 Å². The topological polar surface area (TPSA) is 93.6 Å². The Morgan fingerprint density at radius 2 is 2.13 bits per heavy atom. The predicted octanol–water partition coefficient (Wildman–Crippen LogP) is -0.205. The van der Waals surface area contributed by atoms with Gasteiger partial charge in [0.05, 0.1) is 18.9 Å². The molecule has 0 amide bonds. The van der Waals surface area contributed by atoms with Gasteiger partial charge >= 0.3 is 0 Å². The molecule has 0 aliphatic carbocycles. The second kappa shape index (κ2) is 5.20. The van der Waals surface area contributed by atoms with E-state index in [1.54, 1.807) is 21.6 Å². The highest BCUT2D eigenvalue weighted by Gasteiger charge is 2.34. The Hall–Kier alpha value is -2.68. The van der Waals surface area contributed by atoms with Gasteiger partial charge in [-0.1, -0.05) is 0 Å². The van der Waals surface area contributed by atoms with E-state index in [0.29, 0.717) is 24.5 Å². The molecule has 0 spiro atoms. The number of hydrogen-bond acceptors (Lipinski definition) is 7. The van der Waals surface area contributed by atoms with Crippen molar-refractivity contribution >= 4 is 11.5 Å². The van der Waals surface area contributed by atoms with Crippen molar-refractivity contribution in [3.8, 4) is 5.75 Å². The Balaban J connectivity index is 1.54. The predicted molar refractivity (Wildman–Crippen MR) is 81.4 cm³/mol. The maximum absolute atomic E-state index is 10.3. The van der Waals surface area contributed by atoms with Crippen LogP contribution in [0.3, 0.4) is 0 Å². The minimum absolute atomic E-state index is 0.321. The van der Waals surface area contributed by atoms with Crippen LogP contribution in [-0.4, -0.2) is 60.0 Å². The van der Waals surface area contributed by atoms with Crippen LogP contribution in [0.2, 0.25) is 0 Å². The van der Waals surface area contributed by atoms with Crippen LogP contribution in [0.15, 0.2) is 24.5 Å². The summed E-state index contributed by atoms with van der Waals surface area (Å²) in [6, 6.07) is 3.74. The first-order valence-corrected chi connectivity index (χ1v) is 7.37. The Kier molecular flexibility index (Phi) is 3.15. The number of aryl methyl sites for hydroxylation is 2. The lowest BCUT2D eigenvalue weighted by Crippen LogP contribution is -2.29. The number of anilines is 1. The van der Waals surface area contributed by atoms with Gasteiger partial charge in [-0.05, 0) is 19.1 Å². The number of fused-ring (bicyclic) bond motifs is 1. The van der Waals surface area contributed by atoms with E-state index in [1.165, 1.54) is 0 Å². The molecule has 1 aliphatic rings. The summed E-state index contributed by atoms with van der Waals surface area (Å²) in [6.45, 7) is 2.87. The molecule has 120 valence electrons. The molecule has 4 heterocycles. The van der Waals surface area contributed by atoms with Crippen LogP contribution in [-0.2, 0) is 7.05 Å². The standard InChI is InChI=1S/C14H17N7O2/c1-9-16-17-13-3-4-14(18-21(9)13)20-7-11(22)12(8-20)23-10-5-15-19(2)6-10/h3-6,11-12,22H,7-8H2,1-2H3/t11-,12-/m1/s1. The van der Waals surface area contributed by atoms with Crippen LogP contribution in [0.25, 0.3) is 5.65 Å². The average Bonchev–Trinajstić information content (AvgIpc) is 3.21. The first-order chi connectivity index (χ1) is 11.1. The number of aliphatic hydroxyl groups is 1. The molecule has 0 radical (unpaired) electrons. The molecule has 9 nitrogen and oxygen atoms in total. The van der Waals surface area contributed by atoms with Crippen LogP contribution < -0.4 is 9.64 Å². The number of nitrogens with zero attached hydrogens (tertiary/aromatic N) is 7. The molecule has 0 unspecified atom stereocenters. The highest BCUT2D eigenvalue weighted by Crippen LogP contribution is 2.22. The number of aromatic nitrogens is 6. The van der Waals surface area contributed by atoms with Gasteiger partial charge in [-0.2, -0.15) is 9.61 Å². The van der Waals surface area contributed by atoms with E-state index >= 15 is 0 Å². The Labute approximate surface area is 132 Å². The van der Waals surface area contributed by atoms with Crippen LogP contribution in [0.1, 0.15) is 5.82 Å². The number of hydrogen-bond donors (Lipinski definition) is 1. The molecule has 1 aliphatic heterocycles. The maximum Gasteiger partial charge on any atom is 0.178 e. The second-order valence-electron chi connectivity index (χ2n) is 5.69. The largest absolute Gasteiger partial charge is 0.482 e. The fourth-order valence-corrected chi connectivity index (χ4v) is 2.75. The normalized spacial score (nSPS) is 21.3. The van der Waals surface area contributed by atoms with E-state index in [0.717, 1.165) is 11.6 Å². The van der Waals surface area contributed by atoms with Crippen molar-refractivity contribution in [2.45, 2.75) is 19.1 Å². The molecule has 4 rings (SSSR count). The third-order valence-corrected chi connectivity index (χ3v) is 3.93. The smallest absolute Gasteiger partial charge is 0.178 e. The zero-order valence-electron chi connectivity index (χ0n) is 12.9. The van der Waals surface area contributed by atoms with Gasteiger partial charge in [0, 0.05) is 13.6 Å². The monoisotopic (exact) mass is 315 g/mol. The van der Waals surface area contributed by atoms with Crippen LogP contribution >= 0.6 is 0 Å². The van der Waals surface area contributed by atoms with E-state index in [9.17, 15) is 5.11 Å². The van der Waals surface area contributed by atoms with Crippen LogP contribution in [0.5, 0.6) is 5.75 Å². The molecule has 0 bridgehead atoms. The maximum atomic E-state index is 10.3. The van der Waals surface area contributed by atoms with Crippen molar-refractivity contribution < 1.29 is 9.84 Å². The number of ether oxygens (including phenoxy) is 1. The van der Waals surface area contributed by atoms with Gasteiger partial charge in [0.1, 0.15) is 18.0 Å². The summed E-state index contributed by atoms with van der Waals surface area (Å²) in [5, 5.41) is 26.9. The van der Waals surface area contributed by atoms with Crippen molar-refractivity contribution in [1.82, 2.24) is 29.6 Å². The summed E-state index contributed by atoms with van der Waals surface area (Å²) in [7, 11) is 1.82. The SMILES string of the molecule is Cc1nnc2ccc(N3C[C@@H](O)[C@H](Oc4cnn(C)c4)C3)nn12. The summed E-state index contributed by atoms with van der Waals surface area (Å²) >= 11 is 0. The van der Waals surface area contributed by atoms with E-state index in [4.69, 9.17) is 4.74 Å². The molecular formula is C14H17N7O2. The molecule has 1 saturated heterocycles. The van der Waals surface area contributed by atoms with Gasteiger partial charge in [-0.3, -0.25) is 4.68 Å². The van der Waals surface area contributed by atoms with Crippen molar-refractivity contribution in [2.24, 2.45) is 7.05 Å². The third kappa shape index (κ3) is 2.48. The molecule has 3 aromatic rings. The Morgan fingerprint density at radius 1 is 1.26 bits per heavy atom. The molecule has 0 aromatic carbocycles. The summed E-state index contributed by atoms with van der Waals surface area (Å²) in [5.41, 5.74) is 0.703. The summed E-state index contributed by atoms with van der Waals surface area (Å²) in [6.07, 6.45) is 2.51. The van der Waals surface area contributed by atoms with Gasteiger partial charge in [0.15, 0.2) is 17.2 Å². The average molecular weight is 315 g/mol. The lowest BCUT2D eigenvalue weighted by Gasteiger charge is -2.17. The van der Waals surface area contributed by atoms with Crippen LogP contribution in [0, 0.1) is 6.92 Å².